The summed E-state index contributed by atoms with van der Waals surface area (Å²) in [4.78, 5) is 23.9. The van der Waals surface area contributed by atoms with Gasteiger partial charge in [0.1, 0.15) is 5.82 Å². The van der Waals surface area contributed by atoms with Crippen molar-refractivity contribution >= 4 is 23.3 Å². The summed E-state index contributed by atoms with van der Waals surface area (Å²) in [5.41, 5.74) is 5.97. The molecule has 2 aromatic rings. The van der Waals surface area contributed by atoms with E-state index >= 15 is 0 Å². The van der Waals surface area contributed by atoms with Crippen molar-refractivity contribution in [3.05, 3.63) is 58.0 Å². The molecule has 4 N–H and O–H groups in total. The summed E-state index contributed by atoms with van der Waals surface area (Å²) in [5, 5.41) is 7.20. The van der Waals surface area contributed by atoms with Crippen molar-refractivity contribution in [3.63, 3.8) is 0 Å². The van der Waals surface area contributed by atoms with Crippen LogP contribution in [-0.2, 0) is 11.2 Å². The first-order valence-corrected chi connectivity index (χ1v) is 8.03. The second-order valence-corrected chi connectivity index (χ2v) is 5.99. The minimum atomic E-state index is -0.670. The number of nitrogens with two attached hydrogens (primary N) is 1. The molecule has 1 atom stereocenters. The molecular formula is C16H18FN3O2S. The van der Waals surface area contributed by atoms with Crippen LogP contribution in [0.2, 0.25) is 0 Å². The molecule has 0 bridgehead atoms. The van der Waals surface area contributed by atoms with Gasteiger partial charge in [0.2, 0.25) is 5.91 Å². The highest BCUT2D eigenvalue weighted by molar-refractivity contribution is 7.10. The van der Waals surface area contributed by atoms with Gasteiger partial charge in [-0.05, 0) is 35.6 Å². The van der Waals surface area contributed by atoms with E-state index in [4.69, 9.17) is 5.73 Å². The lowest BCUT2D eigenvalue weighted by atomic mass is 10.1. The minimum Gasteiger partial charge on any atom is -0.356 e. The second kappa shape index (κ2) is 8.28. The number of hydrogen-bond donors (Lipinski definition) is 3. The Bertz CT molecular complexity index is 661. The minimum absolute atomic E-state index is 0.104. The number of thiophene rings is 1. The van der Waals surface area contributed by atoms with Gasteiger partial charge in [0.25, 0.3) is 0 Å². The topological polar surface area (TPSA) is 84.2 Å². The highest BCUT2D eigenvalue weighted by Crippen LogP contribution is 2.21. The van der Waals surface area contributed by atoms with Crippen molar-refractivity contribution in [1.29, 1.82) is 0 Å². The Morgan fingerprint density at radius 1 is 1.26 bits per heavy atom. The van der Waals surface area contributed by atoms with Crippen LogP contribution in [-0.4, -0.2) is 18.5 Å². The van der Waals surface area contributed by atoms with Gasteiger partial charge in [-0.25, -0.2) is 9.18 Å². The Morgan fingerprint density at radius 2 is 2.09 bits per heavy atom. The average molecular weight is 335 g/mol. The molecule has 0 radical (unpaired) electrons. The van der Waals surface area contributed by atoms with Crippen LogP contribution in [0.5, 0.6) is 0 Å². The van der Waals surface area contributed by atoms with E-state index in [1.54, 1.807) is 12.1 Å². The standard InChI is InChI=1S/C16H18FN3O2S/c17-12-4-1-3-11(9-12)6-7-19-15(21)10-13(20-16(18)22)14-5-2-8-23-14/h1-5,8-9,13H,6-7,10H2,(H,19,21)(H3,18,20,22)/t13-/m1/s1. The number of hydrogen-bond acceptors (Lipinski definition) is 3. The summed E-state index contributed by atoms with van der Waals surface area (Å²) in [6.45, 7) is 0.399. The van der Waals surface area contributed by atoms with Gasteiger partial charge in [0, 0.05) is 11.4 Å². The smallest absolute Gasteiger partial charge is 0.312 e. The summed E-state index contributed by atoms with van der Waals surface area (Å²) >= 11 is 1.45. The van der Waals surface area contributed by atoms with Gasteiger partial charge < -0.3 is 16.4 Å². The summed E-state index contributed by atoms with van der Waals surface area (Å²) in [7, 11) is 0. The molecule has 1 aromatic carbocycles. The lowest BCUT2D eigenvalue weighted by Crippen LogP contribution is -2.36. The second-order valence-electron chi connectivity index (χ2n) is 5.01. The van der Waals surface area contributed by atoms with E-state index < -0.39 is 12.1 Å². The van der Waals surface area contributed by atoms with Crippen LogP contribution in [0.25, 0.3) is 0 Å². The number of benzene rings is 1. The van der Waals surface area contributed by atoms with Gasteiger partial charge in [0.05, 0.1) is 12.5 Å². The van der Waals surface area contributed by atoms with Crippen LogP contribution < -0.4 is 16.4 Å². The Hall–Kier alpha value is -2.41. The summed E-state index contributed by atoms with van der Waals surface area (Å²) in [6, 6.07) is 8.83. The molecule has 0 aliphatic heterocycles. The van der Waals surface area contributed by atoms with Crippen molar-refractivity contribution < 1.29 is 14.0 Å². The fourth-order valence-electron chi connectivity index (χ4n) is 2.18. The van der Waals surface area contributed by atoms with E-state index in [9.17, 15) is 14.0 Å². The number of primary amides is 1. The third kappa shape index (κ3) is 5.71. The van der Waals surface area contributed by atoms with Gasteiger partial charge >= 0.3 is 6.03 Å². The van der Waals surface area contributed by atoms with Crippen molar-refractivity contribution in [2.75, 3.05) is 6.54 Å². The SMILES string of the molecule is NC(=O)N[C@H](CC(=O)NCCc1cccc(F)c1)c1cccs1. The maximum Gasteiger partial charge on any atom is 0.312 e. The monoisotopic (exact) mass is 335 g/mol. The van der Waals surface area contributed by atoms with Crippen molar-refractivity contribution in [3.8, 4) is 0 Å². The number of rotatable bonds is 7. The number of urea groups is 1. The fourth-order valence-corrected chi connectivity index (χ4v) is 2.96. The molecule has 23 heavy (non-hydrogen) atoms. The third-order valence-electron chi connectivity index (χ3n) is 3.22. The first-order chi connectivity index (χ1) is 11.0. The van der Waals surface area contributed by atoms with Crippen molar-refractivity contribution in [2.45, 2.75) is 18.9 Å². The first kappa shape index (κ1) is 17.0. The lowest BCUT2D eigenvalue weighted by molar-refractivity contribution is -0.121. The molecule has 1 aromatic heterocycles. The van der Waals surface area contributed by atoms with E-state index in [2.05, 4.69) is 10.6 Å². The molecule has 2 rings (SSSR count). The quantitative estimate of drug-likeness (QED) is 0.725. The van der Waals surface area contributed by atoms with Gasteiger partial charge in [0.15, 0.2) is 0 Å². The molecule has 0 aliphatic rings. The highest BCUT2D eigenvalue weighted by atomic mass is 32.1. The molecule has 1 heterocycles. The van der Waals surface area contributed by atoms with E-state index in [1.807, 2.05) is 17.5 Å². The Balaban J connectivity index is 1.83. The van der Waals surface area contributed by atoms with Crippen LogP contribution >= 0.6 is 11.3 Å². The van der Waals surface area contributed by atoms with Crippen LogP contribution in [0, 0.1) is 5.82 Å². The molecule has 7 heteroatoms. The Labute approximate surface area is 137 Å². The van der Waals surface area contributed by atoms with Gasteiger partial charge in [-0.3, -0.25) is 4.79 Å². The summed E-state index contributed by atoms with van der Waals surface area (Å²) in [6.07, 6.45) is 0.642. The van der Waals surface area contributed by atoms with Crippen LogP contribution in [0.15, 0.2) is 41.8 Å². The molecule has 122 valence electrons. The molecule has 0 saturated carbocycles. The van der Waals surface area contributed by atoms with Crippen molar-refractivity contribution in [2.24, 2.45) is 5.73 Å². The maximum atomic E-state index is 13.1. The molecule has 5 nitrogen and oxygen atoms in total. The van der Waals surface area contributed by atoms with Crippen LogP contribution in [0.3, 0.4) is 0 Å². The molecule has 0 spiro atoms. The van der Waals surface area contributed by atoms with Crippen molar-refractivity contribution in [1.82, 2.24) is 10.6 Å². The predicted octanol–water partition coefficient (Wildman–Crippen LogP) is 2.35. The molecule has 0 aliphatic carbocycles. The molecule has 0 fully saturated rings. The number of nitrogens with one attached hydrogen (secondary N) is 2. The molecule has 3 amide bonds. The number of carbonyl (C=O) groups excluding carboxylic acids is 2. The number of halogens is 1. The maximum absolute atomic E-state index is 13.1. The van der Waals surface area contributed by atoms with Gasteiger partial charge in [-0.15, -0.1) is 11.3 Å². The average Bonchev–Trinajstić information content (AvgIpc) is 3.00. The zero-order chi connectivity index (χ0) is 16.7. The van der Waals surface area contributed by atoms with Gasteiger partial charge in [-0.1, -0.05) is 18.2 Å². The highest BCUT2D eigenvalue weighted by Gasteiger charge is 2.18. The van der Waals surface area contributed by atoms with E-state index in [-0.39, 0.29) is 18.1 Å². The Morgan fingerprint density at radius 3 is 2.74 bits per heavy atom. The summed E-state index contributed by atoms with van der Waals surface area (Å²) in [5.74, 6) is -0.495. The van der Waals surface area contributed by atoms with Crippen LogP contribution in [0.1, 0.15) is 22.9 Å². The third-order valence-corrected chi connectivity index (χ3v) is 4.20. The largest absolute Gasteiger partial charge is 0.356 e. The predicted molar refractivity (Wildman–Crippen MR) is 87.5 cm³/mol. The fraction of sp³-hybridized carbons (Fsp3) is 0.250. The zero-order valence-electron chi connectivity index (χ0n) is 12.4. The number of carbonyl (C=O) groups is 2. The lowest BCUT2D eigenvalue weighted by Gasteiger charge is -2.15. The zero-order valence-corrected chi connectivity index (χ0v) is 13.2. The molecular weight excluding hydrogens is 317 g/mol. The van der Waals surface area contributed by atoms with Crippen LogP contribution in [0.4, 0.5) is 9.18 Å². The first-order valence-electron chi connectivity index (χ1n) is 7.15. The van der Waals surface area contributed by atoms with Gasteiger partial charge in [-0.2, -0.15) is 0 Å². The summed E-state index contributed by atoms with van der Waals surface area (Å²) < 4.78 is 13.1. The normalized spacial score (nSPS) is 11.7. The molecule has 0 saturated heterocycles. The van der Waals surface area contributed by atoms with E-state index in [0.717, 1.165) is 10.4 Å². The van der Waals surface area contributed by atoms with E-state index in [1.165, 1.54) is 23.5 Å². The number of amides is 3. The molecule has 0 unspecified atom stereocenters. The van der Waals surface area contributed by atoms with E-state index in [0.29, 0.717) is 13.0 Å². The Kier molecular flexibility index (Phi) is 6.10.